The first-order valence-electron chi connectivity index (χ1n) is 22.5. The number of anilines is 2. The van der Waals surface area contributed by atoms with Crippen LogP contribution < -0.4 is 14.9 Å². The van der Waals surface area contributed by atoms with Crippen LogP contribution in [0.5, 0.6) is 0 Å². The van der Waals surface area contributed by atoms with Gasteiger partial charge in [-0.3, -0.25) is 29.2 Å². The number of H-pyrrole nitrogens is 1. The SMILES string of the molecule is O=C1CC[C@@H](N2Cc3cc(C4CCN(CC5CCN(c6ccc(-c7cnc8[nH]cc(C(=O)c9c(F)ccc(NS(=O)(=O)N%10CCCC%10)c9F)c8c7)cc6)CC5)CC4)ccc3C2=O)C(=O)N1. The molecule has 5 aliphatic rings. The standard InChI is InChI=1S/C48H50F2N8O6S/c49-39-9-10-40(54-65(63,64)57-17-1-2-18-57)44(50)43(39)45(60)38-26-52-46-37(38)24-33(25-51-46)30-3-6-35(7-4-30)56-21-13-29(14-22-56)27-55-19-15-31(16-20-55)32-5-8-36-34(23-32)28-58(48(36)62)41-11-12-42(59)53-47(41)61/h3-10,23-26,29,31,41,54H,1-2,11-22,27-28H2,(H,51,52)(H,53,59,61)/t41-/m1/s1. The van der Waals surface area contributed by atoms with Gasteiger partial charge in [-0.05, 0) is 123 Å². The Balaban J connectivity index is 0.729. The molecule has 3 N–H and O–H groups in total. The molecule has 0 saturated carbocycles. The number of hydrogen-bond acceptors (Lipinski definition) is 9. The van der Waals surface area contributed by atoms with Crippen molar-refractivity contribution in [1.29, 1.82) is 0 Å². The zero-order chi connectivity index (χ0) is 45.0. The molecule has 0 spiro atoms. The van der Waals surface area contributed by atoms with Gasteiger partial charge in [0.25, 0.3) is 5.91 Å². The van der Waals surface area contributed by atoms with Crippen molar-refractivity contribution in [2.75, 3.05) is 55.4 Å². The molecule has 4 saturated heterocycles. The molecule has 0 unspecified atom stereocenters. The molecular formula is C48H50F2N8O6S. The van der Waals surface area contributed by atoms with E-state index in [4.69, 9.17) is 0 Å². The third kappa shape index (κ3) is 8.40. The number of ketones is 1. The van der Waals surface area contributed by atoms with Crippen LogP contribution in [0.3, 0.4) is 0 Å². The van der Waals surface area contributed by atoms with E-state index in [9.17, 15) is 27.6 Å². The van der Waals surface area contributed by atoms with Crippen LogP contribution in [0.2, 0.25) is 0 Å². The number of hydrogen-bond donors (Lipinski definition) is 3. The summed E-state index contributed by atoms with van der Waals surface area (Å²) in [5.74, 6) is -3.13. The van der Waals surface area contributed by atoms with Gasteiger partial charge in [0, 0.05) is 85.8 Å². The lowest BCUT2D eigenvalue weighted by molar-refractivity contribution is -0.136. The summed E-state index contributed by atoms with van der Waals surface area (Å²) in [6.07, 6.45) is 9.28. The van der Waals surface area contributed by atoms with Crippen LogP contribution in [0.4, 0.5) is 20.2 Å². The van der Waals surface area contributed by atoms with E-state index in [1.54, 1.807) is 17.2 Å². The Morgan fingerprint density at radius 3 is 2.34 bits per heavy atom. The molecule has 3 amide bonds. The first-order chi connectivity index (χ1) is 31.4. The number of fused-ring (bicyclic) bond motifs is 2. The lowest BCUT2D eigenvalue weighted by atomic mass is 9.87. The summed E-state index contributed by atoms with van der Waals surface area (Å²) in [4.78, 5) is 65.1. The second kappa shape index (κ2) is 17.4. The van der Waals surface area contributed by atoms with Crippen LogP contribution >= 0.6 is 0 Å². The molecule has 338 valence electrons. The van der Waals surface area contributed by atoms with Crippen molar-refractivity contribution >= 4 is 56.1 Å². The number of benzene rings is 3. The molecule has 17 heteroatoms. The van der Waals surface area contributed by atoms with Crippen LogP contribution in [0.25, 0.3) is 22.2 Å². The van der Waals surface area contributed by atoms with Crippen LogP contribution in [0.15, 0.2) is 73.1 Å². The lowest BCUT2D eigenvalue weighted by Gasteiger charge is -2.38. The van der Waals surface area contributed by atoms with Gasteiger partial charge in [-0.2, -0.15) is 12.7 Å². The monoisotopic (exact) mass is 904 g/mol. The molecule has 65 heavy (non-hydrogen) atoms. The Bertz CT molecular complexity index is 2810. The molecule has 7 heterocycles. The topological polar surface area (TPSA) is 168 Å². The van der Waals surface area contributed by atoms with Crippen molar-refractivity contribution in [1.82, 2.24) is 29.4 Å². The Morgan fingerprint density at radius 1 is 0.846 bits per heavy atom. The third-order valence-corrected chi connectivity index (χ3v) is 15.6. The first-order valence-corrected chi connectivity index (χ1v) is 24.0. The number of nitrogens with one attached hydrogen (secondary N) is 3. The predicted molar refractivity (Wildman–Crippen MR) is 241 cm³/mol. The molecule has 0 aliphatic carbocycles. The van der Waals surface area contributed by atoms with Gasteiger partial charge in [0.1, 0.15) is 17.5 Å². The highest BCUT2D eigenvalue weighted by Gasteiger charge is 2.39. The van der Waals surface area contributed by atoms with Gasteiger partial charge >= 0.3 is 10.2 Å². The fourth-order valence-electron chi connectivity index (χ4n) is 10.4. The maximum atomic E-state index is 15.8. The minimum Gasteiger partial charge on any atom is -0.372 e. The summed E-state index contributed by atoms with van der Waals surface area (Å²) >= 11 is 0. The van der Waals surface area contributed by atoms with Crippen LogP contribution in [-0.4, -0.2) is 108 Å². The lowest BCUT2D eigenvalue weighted by Crippen LogP contribution is -2.52. The van der Waals surface area contributed by atoms with E-state index in [-0.39, 0.29) is 23.8 Å². The number of nitrogens with zero attached hydrogens (tertiary/aromatic N) is 5. The van der Waals surface area contributed by atoms with Gasteiger partial charge in [-0.25, -0.2) is 13.8 Å². The zero-order valence-electron chi connectivity index (χ0n) is 35.8. The van der Waals surface area contributed by atoms with E-state index < -0.39 is 50.8 Å². The number of rotatable bonds is 11. The van der Waals surface area contributed by atoms with E-state index in [2.05, 4.69) is 54.1 Å². The second-order valence-corrected chi connectivity index (χ2v) is 19.7. The van der Waals surface area contributed by atoms with E-state index in [0.717, 1.165) is 92.9 Å². The zero-order valence-corrected chi connectivity index (χ0v) is 36.6. The Kier molecular flexibility index (Phi) is 11.5. The highest BCUT2D eigenvalue weighted by atomic mass is 32.2. The average molecular weight is 905 g/mol. The normalized spacial score (nSPS) is 20.5. The summed E-state index contributed by atoms with van der Waals surface area (Å²) in [6.45, 7) is 5.99. The Labute approximate surface area is 375 Å². The fourth-order valence-corrected chi connectivity index (χ4v) is 11.7. The highest BCUT2D eigenvalue weighted by molar-refractivity contribution is 7.90. The van der Waals surface area contributed by atoms with E-state index in [0.29, 0.717) is 67.3 Å². The second-order valence-electron chi connectivity index (χ2n) is 18.0. The minimum atomic E-state index is -4.08. The highest BCUT2D eigenvalue weighted by Crippen LogP contribution is 2.36. The van der Waals surface area contributed by atoms with Crippen LogP contribution in [0, 0.1) is 17.6 Å². The molecule has 2 aromatic heterocycles. The van der Waals surface area contributed by atoms with E-state index >= 15 is 8.78 Å². The van der Waals surface area contributed by atoms with Crippen molar-refractivity contribution in [2.24, 2.45) is 5.92 Å². The van der Waals surface area contributed by atoms with Gasteiger partial charge in [-0.15, -0.1) is 0 Å². The molecule has 3 aromatic carbocycles. The minimum absolute atomic E-state index is 0.00923. The number of imide groups is 1. The number of halogens is 2. The third-order valence-electron chi connectivity index (χ3n) is 14.0. The molecule has 5 aromatic rings. The summed E-state index contributed by atoms with van der Waals surface area (Å²) in [5, 5.41) is 2.75. The number of carbonyl (C=O) groups is 4. The fraction of sp³-hybridized carbons (Fsp3) is 0.396. The largest absolute Gasteiger partial charge is 0.372 e. The first kappa shape index (κ1) is 42.9. The molecule has 14 nitrogen and oxygen atoms in total. The van der Waals surface area contributed by atoms with Crippen molar-refractivity contribution in [2.45, 2.75) is 69.9 Å². The summed E-state index contributed by atoms with van der Waals surface area (Å²) in [7, 11) is -4.08. The maximum Gasteiger partial charge on any atom is 0.301 e. The summed E-state index contributed by atoms with van der Waals surface area (Å²) in [5.41, 5.74) is 4.57. The number of pyridine rings is 1. The van der Waals surface area contributed by atoms with Gasteiger partial charge in [-0.1, -0.05) is 24.3 Å². The number of likely N-dealkylation sites (tertiary alicyclic amines) is 1. The number of aromatic nitrogens is 2. The van der Waals surface area contributed by atoms with Crippen LogP contribution in [-0.2, 0) is 26.3 Å². The average Bonchev–Trinajstić information content (AvgIpc) is 4.08. The van der Waals surface area contributed by atoms with Crippen molar-refractivity contribution in [3.8, 4) is 11.1 Å². The molecule has 5 aliphatic heterocycles. The number of amides is 3. The predicted octanol–water partition coefficient (Wildman–Crippen LogP) is 6.35. The summed E-state index contributed by atoms with van der Waals surface area (Å²) < 4.78 is 60.0. The molecule has 4 fully saturated rings. The van der Waals surface area contributed by atoms with Gasteiger partial charge in [0.2, 0.25) is 17.6 Å². The van der Waals surface area contributed by atoms with Crippen molar-refractivity contribution in [3.63, 3.8) is 0 Å². The van der Waals surface area contributed by atoms with Gasteiger partial charge < -0.3 is 19.7 Å². The number of aromatic amines is 1. The molecule has 0 radical (unpaired) electrons. The number of piperidine rings is 3. The van der Waals surface area contributed by atoms with Gasteiger partial charge in [0.05, 0.1) is 11.3 Å². The van der Waals surface area contributed by atoms with Gasteiger partial charge in [0.15, 0.2) is 5.82 Å². The Hall–Kier alpha value is -6.04. The molecule has 1 atom stereocenters. The number of carbonyl (C=O) groups excluding carboxylic acids is 4. The molecule has 10 rings (SSSR count). The molecular weight excluding hydrogens is 855 g/mol. The quantitative estimate of drug-likeness (QED) is 0.101. The van der Waals surface area contributed by atoms with Crippen molar-refractivity contribution in [3.05, 3.63) is 113 Å². The smallest absolute Gasteiger partial charge is 0.301 e. The van der Waals surface area contributed by atoms with Crippen LogP contribution in [0.1, 0.15) is 94.7 Å². The van der Waals surface area contributed by atoms with Crippen molar-refractivity contribution < 1.29 is 36.4 Å². The van der Waals surface area contributed by atoms with E-state index in [1.807, 2.05) is 18.2 Å². The Morgan fingerprint density at radius 2 is 1.60 bits per heavy atom. The summed E-state index contributed by atoms with van der Waals surface area (Å²) in [6, 6.07) is 17.3. The maximum absolute atomic E-state index is 15.8. The van der Waals surface area contributed by atoms with E-state index in [1.165, 1.54) is 16.1 Å². The molecule has 0 bridgehead atoms.